The van der Waals surface area contributed by atoms with E-state index < -0.39 is 11.9 Å². The van der Waals surface area contributed by atoms with Gasteiger partial charge in [0.25, 0.3) is 5.91 Å². The van der Waals surface area contributed by atoms with Crippen LogP contribution in [0.25, 0.3) is 0 Å². The Balaban J connectivity index is 3.00. The van der Waals surface area contributed by atoms with E-state index in [2.05, 4.69) is 0 Å². The SMILES string of the molecule is COc1ccc(C(=O)O)c(OCC(N)=O)c1. The fourth-order valence-electron chi connectivity index (χ4n) is 1.07. The summed E-state index contributed by atoms with van der Waals surface area (Å²) in [7, 11) is 1.44. The van der Waals surface area contributed by atoms with Crippen LogP contribution in [-0.4, -0.2) is 30.7 Å². The maximum atomic E-state index is 10.8. The second-order valence-electron chi connectivity index (χ2n) is 2.92. The lowest BCUT2D eigenvalue weighted by molar-refractivity contribution is -0.119. The summed E-state index contributed by atoms with van der Waals surface area (Å²) in [4.78, 5) is 21.4. The lowest BCUT2D eigenvalue weighted by Crippen LogP contribution is -2.20. The standard InChI is InChI=1S/C10H11NO5/c1-15-6-2-3-7(10(13)14)8(4-6)16-5-9(11)12/h2-4H,5H2,1H3,(H2,11,12)(H,13,14). The van der Waals surface area contributed by atoms with Crippen LogP contribution in [-0.2, 0) is 4.79 Å². The number of nitrogens with two attached hydrogens (primary N) is 1. The van der Waals surface area contributed by atoms with Crippen LogP contribution >= 0.6 is 0 Å². The summed E-state index contributed by atoms with van der Waals surface area (Å²) in [6.07, 6.45) is 0. The Labute approximate surface area is 91.6 Å². The molecule has 86 valence electrons. The van der Waals surface area contributed by atoms with Crippen LogP contribution in [0.2, 0.25) is 0 Å². The Bertz CT molecular complexity index is 416. The van der Waals surface area contributed by atoms with E-state index in [9.17, 15) is 9.59 Å². The number of primary amides is 1. The van der Waals surface area contributed by atoms with Crippen molar-refractivity contribution in [1.29, 1.82) is 0 Å². The van der Waals surface area contributed by atoms with E-state index in [0.29, 0.717) is 5.75 Å². The third-order valence-corrected chi connectivity index (χ3v) is 1.79. The highest BCUT2D eigenvalue weighted by atomic mass is 16.5. The number of aromatic carboxylic acids is 1. The van der Waals surface area contributed by atoms with E-state index in [-0.39, 0.29) is 17.9 Å². The number of carboxylic acids is 1. The van der Waals surface area contributed by atoms with Crippen molar-refractivity contribution in [2.24, 2.45) is 5.73 Å². The number of carbonyl (C=O) groups is 2. The molecule has 6 nitrogen and oxygen atoms in total. The van der Waals surface area contributed by atoms with Crippen LogP contribution in [0.3, 0.4) is 0 Å². The van der Waals surface area contributed by atoms with Crippen LogP contribution in [0.4, 0.5) is 0 Å². The number of rotatable bonds is 5. The molecule has 0 radical (unpaired) electrons. The average molecular weight is 225 g/mol. The zero-order chi connectivity index (χ0) is 12.1. The average Bonchev–Trinajstić information content (AvgIpc) is 2.25. The topological polar surface area (TPSA) is 98.8 Å². The van der Waals surface area contributed by atoms with Gasteiger partial charge < -0.3 is 20.3 Å². The first-order valence-electron chi connectivity index (χ1n) is 4.37. The van der Waals surface area contributed by atoms with Crippen molar-refractivity contribution in [3.63, 3.8) is 0 Å². The number of ether oxygens (including phenoxy) is 2. The van der Waals surface area contributed by atoms with Crippen LogP contribution in [0, 0.1) is 0 Å². The number of benzene rings is 1. The largest absolute Gasteiger partial charge is 0.497 e. The fraction of sp³-hybridized carbons (Fsp3) is 0.200. The monoisotopic (exact) mass is 225 g/mol. The van der Waals surface area contributed by atoms with Crippen LogP contribution in [0.1, 0.15) is 10.4 Å². The summed E-state index contributed by atoms with van der Waals surface area (Å²) in [6, 6.07) is 4.20. The number of amides is 1. The van der Waals surface area contributed by atoms with E-state index in [4.69, 9.17) is 20.3 Å². The van der Waals surface area contributed by atoms with Gasteiger partial charge >= 0.3 is 5.97 Å². The first kappa shape index (κ1) is 11.8. The molecule has 0 aliphatic rings. The molecular weight excluding hydrogens is 214 g/mol. The Kier molecular flexibility index (Phi) is 3.71. The molecule has 0 aliphatic heterocycles. The van der Waals surface area contributed by atoms with E-state index in [0.717, 1.165) is 0 Å². The third kappa shape index (κ3) is 2.88. The Morgan fingerprint density at radius 3 is 2.62 bits per heavy atom. The minimum Gasteiger partial charge on any atom is -0.497 e. The normalized spacial score (nSPS) is 9.56. The van der Waals surface area contributed by atoms with Crippen molar-refractivity contribution in [2.75, 3.05) is 13.7 Å². The zero-order valence-corrected chi connectivity index (χ0v) is 8.60. The van der Waals surface area contributed by atoms with Gasteiger partial charge in [-0.05, 0) is 12.1 Å². The first-order chi connectivity index (χ1) is 7.54. The molecule has 16 heavy (non-hydrogen) atoms. The van der Waals surface area contributed by atoms with Gasteiger partial charge in [-0.15, -0.1) is 0 Å². The minimum atomic E-state index is -1.15. The van der Waals surface area contributed by atoms with Crippen LogP contribution in [0.15, 0.2) is 18.2 Å². The van der Waals surface area contributed by atoms with Crippen molar-refractivity contribution in [3.05, 3.63) is 23.8 Å². The van der Waals surface area contributed by atoms with E-state index in [1.54, 1.807) is 0 Å². The molecule has 0 spiro atoms. The molecule has 0 saturated carbocycles. The van der Waals surface area contributed by atoms with Gasteiger partial charge in [0.15, 0.2) is 6.61 Å². The molecule has 0 aromatic heterocycles. The van der Waals surface area contributed by atoms with Gasteiger partial charge in [-0.1, -0.05) is 0 Å². The van der Waals surface area contributed by atoms with Gasteiger partial charge in [-0.3, -0.25) is 4.79 Å². The molecule has 0 bridgehead atoms. The highest BCUT2D eigenvalue weighted by Gasteiger charge is 2.13. The Hall–Kier alpha value is -2.24. The summed E-state index contributed by atoms with van der Waals surface area (Å²) >= 11 is 0. The van der Waals surface area contributed by atoms with E-state index in [1.165, 1.54) is 25.3 Å². The molecule has 0 saturated heterocycles. The van der Waals surface area contributed by atoms with Crippen molar-refractivity contribution in [3.8, 4) is 11.5 Å². The van der Waals surface area contributed by atoms with Crippen molar-refractivity contribution >= 4 is 11.9 Å². The van der Waals surface area contributed by atoms with Gasteiger partial charge in [0.05, 0.1) is 7.11 Å². The maximum Gasteiger partial charge on any atom is 0.339 e. The molecule has 0 heterocycles. The lowest BCUT2D eigenvalue weighted by atomic mass is 10.2. The van der Waals surface area contributed by atoms with E-state index >= 15 is 0 Å². The van der Waals surface area contributed by atoms with Crippen LogP contribution < -0.4 is 15.2 Å². The number of hydrogen-bond donors (Lipinski definition) is 2. The predicted molar refractivity (Wildman–Crippen MR) is 54.6 cm³/mol. The molecule has 0 fully saturated rings. The molecule has 0 unspecified atom stereocenters. The quantitative estimate of drug-likeness (QED) is 0.748. The van der Waals surface area contributed by atoms with E-state index in [1.807, 2.05) is 0 Å². The highest BCUT2D eigenvalue weighted by Crippen LogP contribution is 2.24. The Morgan fingerprint density at radius 1 is 1.44 bits per heavy atom. The smallest absolute Gasteiger partial charge is 0.339 e. The second-order valence-corrected chi connectivity index (χ2v) is 2.92. The predicted octanol–water partition coefficient (Wildman–Crippen LogP) is 0.257. The van der Waals surface area contributed by atoms with Crippen molar-refractivity contribution in [1.82, 2.24) is 0 Å². The number of methoxy groups -OCH3 is 1. The molecule has 1 aromatic rings. The summed E-state index contributed by atoms with van der Waals surface area (Å²) in [6.45, 7) is -0.382. The lowest BCUT2D eigenvalue weighted by Gasteiger charge is -2.09. The molecule has 6 heteroatoms. The van der Waals surface area contributed by atoms with Gasteiger partial charge in [0.1, 0.15) is 17.1 Å². The second kappa shape index (κ2) is 5.01. The van der Waals surface area contributed by atoms with Gasteiger partial charge in [0, 0.05) is 6.07 Å². The Morgan fingerprint density at radius 2 is 2.12 bits per heavy atom. The number of hydrogen-bond acceptors (Lipinski definition) is 4. The molecular formula is C10H11NO5. The molecule has 1 amide bonds. The summed E-state index contributed by atoms with van der Waals surface area (Å²) in [5.41, 5.74) is 4.84. The van der Waals surface area contributed by atoms with Gasteiger partial charge in [-0.2, -0.15) is 0 Å². The summed E-state index contributed by atoms with van der Waals surface area (Å²) < 4.78 is 9.87. The first-order valence-corrected chi connectivity index (χ1v) is 4.37. The highest BCUT2D eigenvalue weighted by molar-refractivity contribution is 5.91. The maximum absolute atomic E-state index is 10.8. The molecule has 0 aliphatic carbocycles. The zero-order valence-electron chi connectivity index (χ0n) is 8.60. The molecule has 1 aromatic carbocycles. The van der Waals surface area contributed by atoms with Gasteiger partial charge in [0.2, 0.25) is 0 Å². The minimum absolute atomic E-state index is 0.0469. The van der Waals surface area contributed by atoms with Crippen molar-refractivity contribution < 1.29 is 24.2 Å². The molecule has 0 atom stereocenters. The number of carbonyl (C=O) groups excluding carboxylic acids is 1. The van der Waals surface area contributed by atoms with Crippen molar-refractivity contribution in [2.45, 2.75) is 0 Å². The van der Waals surface area contributed by atoms with Gasteiger partial charge in [-0.25, -0.2) is 4.79 Å². The fourth-order valence-corrected chi connectivity index (χ4v) is 1.07. The number of carboxylic acid groups (broad SMARTS) is 1. The van der Waals surface area contributed by atoms with Crippen LogP contribution in [0.5, 0.6) is 11.5 Å². The molecule has 3 N–H and O–H groups in total. The summed E-state index contributed by atoms with van der Waals surface area (Å²) in [5, 5.41) is 8.86. The molecule has 1 rings (SSSR count). The third-order valence-electron chi connectivity index (χ3n) is 1.79. The summed E-state index contributed by atoms with van der Waals surface area (Å²) in [5.74, 6) is -1.35.